The predicted molar refractivity (Wildman–Crippen MR) is 86.2 cm³/mol. The summed E-state index contributed by atoms with van der Waals surface area (Å²) in [4.78, 5) is 11.9. The predicted octanol–water partition coefficient (Wildman–Crippen LogP) is 3.26. The molecule has 0 aromatic carbocycles. The summed E-state index contributed by atoms with van der Waals surface area (Å²) in [6.45, 7) is 4.81. The number of amides is 1. The first-order chi connectivity index (χ1) is 10.4. The monoisotopic (exact) mass is 305 g/mol. The van der Waals surface area contributed by atoms with Crippen LogP contribution in [-0.4, -0.2) is 22.7 Å². The second-order valence-corrected chi connectivity index (χ2v) is 9.13. The highest BCUT2D eigenvalue weighted by Gasteiger charge is 2.57. The van der Waals surface area contributed by atoms with Crippen molar-refractivity contribution in [2.45, 2.75) is 83.3 Å². The lowest BCUT2D eigenvalue weighted by Gasteiger charge is -2.62. The molecular formula is C19H31NO2. The molecule has 1 unspecified atom stereocenters. The van der Waals surface area contributed by atoms with Crippen molar-refractivity contribution in [3.8, 4) is 0 Å². The van der Waals surface area contributed by atoms with Gasteiger partial charge in [0.25, 0.3) is 0 Å². The first-order valence-electron chi connectivity index (χ1n) is 9.41. The summed E-state index contributed by atoms with van der Waals surface area (Å²) >= 11 is 0. The number of rotatable bonds is 0. The molecular weight excluding hydrogens is 274 g/mol. The molecule has 1 amide bonds. The van der Waals surface area contributed by atoms with Gasteiger partial charge in [0, 0.05) is 12.0 Å². The maximum absolute atomic E-state index is 11.9. The van der Waals surface area contributed by atoms with Crippen molar-refractivity contribution in [3.63, 3.8) is 0 Å². The third-order valence-electron chi connectivity index (χ3n) is 8.14. The zero-order valence-corrected chi connectivity index (χ0v) is 14.1. The molecule has 4 fully saturated rings. The van der Waals surface area contributed by atoms with E-state index in [1.54, 1.807) is 0 Å². The Balaban J connectivity index is 1.61. The van der Waals surface area contributed by atoms with Gasteiger partial charge in [0.2, 0.25) is 5.91 Å². The smallest absolute Gasteiger partial charge is 0.220 e. The van der Waals surface area contributed by atoms with Gasteiger partial charge in [0.05, 0.1) is 6.10 Å². The third kappa shape index (κ3) is 2.07. The summed E-state index contributed by atoms with van der Waals surface area (Å²) in [5, 5.41) is 13.4. The van der Waals surface area contributed by atoms with Crippen LogP contribution < -0.4 is 5.32 Å². The summed E-state index contributed by atoms with van der Waals surface area (Å²) in [6, 6.07) is 0. The fourth-order valence-electron chi connectivity index (χ4n) is 6.91. The Morgan fingerprint density at radius 1 is 1.05 bits per heavy atom. The van der Waals surface area contributed by atoms with Crippen molar-refractivity contribution in [2.24, 2.45) is 29.1 Å². The van der Waals surface area contributed by atoms with E-state index in [1.807, 2.05) is 0 Å². The number of hydrogen-bond donors (Lipinski definition) is 2. The number of aliphatic hydroxyl groups excluding tert-OH is 1. The SMILES string of the molecule is CC12CC[C@H]3[C@@H](CC[C@H]4C[C@@H](O)CC[C@@]43C)[C@@H]1CCC(=O)N2. The molecule has 4 aliphatic rings. The van der Waals surface area contributed by atoms with Crippen LogP contribution in [0.2, 0.25) is 0 Å². The Hall–Kier alpha value is -0.570. The lowest BCUT2D eigenvalue weighted by atomic mass is 9.45. The van der Waals surface area contributed by atoms with Gasteiger partial charge in [-0.05, 0) is 87.4 Å². The first-order valence-corrected chi connectivity index (χ1v) is 9.41. The Morgan fingerprint density at radius 2 is 1.86 bits per heavy atom. The van der Waals surface area contributed by atoms with Crippen molar-refractivity contribution in [1.82, 2.24) is 5.32 Å². The second kappa shape index (κ2) is 4.96. The molecule has 0 bridgehead atoms. The second-order valence-electron chi connectivity index (χ2n) is 9.13. The number of nitrogens with one attached hydrogen (secondary N) is 1. The summed E-state index contributed by atoms with van der Waals surface area (Å²) in [5.41, 5.74) is 0.485. The molecule has 4 rings (SSSR count). The maximum Gasteiger partial charge on any atom is 0.220 e. The molecule has 3 heteroatoms. The highest BCUT2D eigenvalue weighted by Crippen LogP contribution is 2.62. The van der Waals surface area contributed by atoms with E-state index in [1.165, 1.54) is 25.7 Å². The van der Waals surface area contributed by atoms with Gasteiger partial charge in [0.15, 0.2) is 0 Å². The average Bonchev–Trinajstić information content (AvgIpc) is 2.46. The number of hydrogen-bond acceptors (Lipinski definition) is 2. The van der Waals surface area contributed by atoms with Gasteiger partial charge < -0.3 is 10.4 Å². The van der Waals surface area contributed by atoms with Gasteiger partial charge in [0.1, 0.15) is 0 Å². The molecule has 1 aliphatic heterocycles. The van der Waals surface area contributed by atoms with E-state index < -0.39 is 0 Å². The Bertz CT molecular complexity index is 478. The van der Waals surface area contributed by atoms with Crippen LogP contribution >= 0.6 is 0 Å². The topological polar surface area (TPSA) is 49.3 Å². The molecule has 124 valence electrons. The van der Waals surface area contributed by atoms with Crippen LogP contribution in [-0.2, 0) is 4.79 Å². The van der Waals surface area contributed by atoms with E-state index in [2.05, 4.69) is 19.2 Å². The molecule has 22 heavy (non-hydrogen) atoms. The molecule has 0 radical (unpaired) electrons. The highest BCUT2D eigenvalue weighted by molar-refractivity contribution is 5.77. The van der Waals surface area contributed by atoms with Crippen molar-refractivity contribution in [2.75, 3.05) is 0 Å². The van der Waals surface area contributed by atoms with E-state index in [-0.39, 0.29) is 17.6 Å². The van der Waals surface area contributed by atoms with Gasteiger partial charge in [-0.3, -0.25) is 4.79 Å². The molecule has 3 aliphatic carbocycles. The molecule has 1 saturated heterocycles. The molecule has 0 spiro atoms. The number of aliphatic hydroxyl groups is 1. The van der Waals surface area contributed by atoms with Crippen molar-refractivity contribution in [1.29, 1.82) is 0 Å². The molecule has 3 saturated carbocycles. The van der Waals surface area contributed by atoms with Gasteiger partial charge in [-0.25, -0.2) is 0 Å². The maximum atomic E-state index is 11.9. The lowest BCUT2D eigenvalue weighted by Crippen LogP contribution is -2.63. The summed E-state index contributed by atoms with van der Waals surface area (Å²) in [7, 11) is 0. The van der Waals surface area contributed by atoms with E-state index in [4.69, 9.17) is 0 Å². The van der Waals surface area contributed by atoms with Crippen molar-refractivity contribution in [3.05, 3.63) is 0 Å². The van der Waals surface area contributed by atoms with Crippen molar-refractivity contribution < 1.29 is 9.90 Å². The van der Waals surface area contributed by atoms with Gasteiger partial charge in [-0.15, -0.1) is 0 Å². The Morgan fingerprint density at radius 3 is 2.68 bits per heavy atom. The highest BCUT2D eigenvalue weighted by atomic mass is 16.3. The largest absolute Gasteiger partial charge is 0.393 e. The minimum atomic E-state index is -0.0579. The van der Waals surface area contributed by atoms with Gasteiger partial charge in [-0.2, -0.15) is 0 Å². The van der Waals surface area contributed by atoms with Gasteiger partial charge in [-0.1, -0.05) is 6.92 Å². The van der Waals surface area contributed by atoms with E-state index in [9.17, 15) is 9.90 Å². The minimum Gasteiger partial charge on any atom is -0.393 e. The van der Waals surface area contributed by atoms with Crippen LogP contribution in [0.25, 0.3) is 0 Å². The van der Waals surface area contributed by atoms with Crippen LogP contribution in [0.3, 0.4) is 0 Å². The zero-order chi connectivity index (χ0) is 15.5. The number of piperidine rings is 1. The van der Waals surface area contributed by atoms with E-state index in [0.717, 1.165) is 49.9 Å². The summed E-state index contributed by atoms with van der Waals surface area (Å²) in [6.07, 6.45) is 10.00. The molecule has 0 aromatic heterocycles. The van der Waals surface area contributed by atoms with E-state index >= 15 is 0 Å². The number of carbonyl (C=O) groups is 1. The minimum absolute atomic E-state index is 0.0495. The average molecular weight is 305 g/mol. The fourth-order valence-corrected chi connectivity index (χ4v) is 6.91. The quantitative estimate of drug-likeness (QED) is 0.721. The Labute approximate surface area is 134 Å². The van der Waals surface area contributed by atoms with Crippen LogP contribution in [0.4, 0.5) is 0 Å². The molecule has 1 heterocycles. The van der Waals surface area contributed by atoms with E-state index in [0.29, 0.717) is 11.3 Å². The van der Waals surface area contributed by atoms with Crippen LogP contribution in [0.1, 0.15) is 71.6 Å². The van der Waals surface area contributed by atoms with Crippen LogP contribution in [0.5, 0.6) is 0 Å². The molecule has 0 aromatic rings. The summed E-state index contributed by atoms with van der Waals surface area (Å²) < 4.78 is 0. The first kappa shape index (κ1) is 15.0. The third-order valence-corrected chi connectivity index (χ3v) is 8.14. The lowest BCUT2D eigenvalue weighted by molar-refractivity contribution is -0.142. The molecule has 2 N–H and O–H groups in total. The van der Waals surface area contributed by atoms with Gasteiger partial charge >= 0.3 is 0 Å². The molecule has 3 nitrogen and oxygen atoms in total. The fraction of sp³-hybridized carbons (Fsp3) is 0.947. The molecule has 7 atom stereocenters. The van der Waals surface area contributed by atoms with Crippen LogP contribution in [0, 0.1) is 29.1 Å². The standard InChI is InChI=1S/C19H31NO2/c1-18-9-7-13(21)11-12(18)3-4-14-15(18)8-10-19(2)16(14)5-6-17(22)20-19/h12-16,21H,3-11H2,1-2H3,(H,20,22)/t12-,13-,14+,15-,16-,18-,19?/m0/s1. The van der Waals surface area contributed by atoms with Crippen LogP contribution in [0.15, 0.2) is 0 Å². The summed E-state index contributed by atoms with van der Waals surface area (Å²) in [5.74, 6) is 3.26. The number of fused-ring (bicyclic) bond motifs is 5. The number of carbonyl (C=O) groups excluding carboxylic acids is 1. The Kier molecular flexibility index (Phi) is 3.38. The zero-order valence-electron chi connectivity index (χ0n) is 14.1. The van der Waals surface area contributed by atoms with Crippen molar-refractivity contribution >= 4 is 5.91 Å². The normalized spacial score (nSPS) is 54.7.